The van der Waals surface area contributed by atoms with Crippen LogP contribution in [-0.2, 0) is 0 Å². The molecule has 24 heavy (non-hydrogen) atoms. The maximum Gasteiger partial charge on any atom is 0.272 e. The number of aryl methyl sites for hydroxylation is 1. The molecule has 2 N–H and O–H groups in total. The normalized spacial score (nSPS) is 16.7. The monoisotopic (exact) mass is 335 g/mol. The van der Waals surface area contributed by atoms with Crippen LogP contribution in [0.25, 0.3) is 5.69 Å². The van der Waals surface area contributed by atoms with Gasteiger partial charge in [-0.15, -0.1) is 0 Å². The van der Waals surface area contributed by atoms with Crippen molar-refractivity contribution in [1.29, 1.82) is 0 Å². The van der Waals surface area contributed by atoms with Gasteiger partial charge < -0.3 is 10.4 Å². The van der Waals surface area contributed by atoms with E-state index in [0.717, 1.165) is 25.0 Å². The highest BCUT2D eigenvalue weighted by Gasteiger charge is 2.42. The second-order valence-electron chi connectivity index (χ2n) is 6.48. The highest BCUT2D eigenvalue weighted by atomic mass is 19.1. The Morgan fingerprint density at radius 2 is 2.12 bits per heavy atom. The Morgan fingerprint density at radius 1 is 1.42 bits per heavy atom. The third-order valence-corrected chi connectivity index (χ3v) is 4.46. The molecular formula is C17H19F2N3O2. The van der Waals surface area contributed by atoms with Crippen LogP contribution in [0, 0.1) is 24.5 Å². The van der Waals surface area contributed by atoms with Gasteiger partial charge in [0.05, 0.1) is 12.1 Å². The molecule has 0 bridgehead atoms. The molecule has 1 saturated carbocycles. The molecule has 1 aromatic carbocycles. The molecule has 0 spiro atoms. The molecule has 1 aliphatic rings. The Labute approximate surface area is 138 Å². The van der Waals surface area contributed by atoms with E-state index in [2.05, 4.69) is 10.4 Å². The van der Waals surface area contributed by atoms with Gasteiger partial charge in [-0.2, -0.15) is 5.10 Å². The summed E-state index contributed by atoms with van der Waals surface area (Å²) < 4.78 is 28.2. The van der Waals surface area contributed by atoms with Crippen LogP contribution in [-0.4, -0.2) is 32.9 Å². The van der Waals surface area contributed by atoms with Crippen molar-refractivity contribution in [3.05, 3.63) is 47.3 Å². The zero-order valence-corrected chi connectivity index (χ0v) is 13.5. The first kappa shape index (κ1) is 16.6. The summed E-state index contributed by atoms with van der Waals surface area (Å²) in [4.78, 5) is 12.4. The SMILES string of the molecule is Cc1cc(C(=O)NC(C)(CO)C2CC2)nn1-c1ccc(F)cc1F. The average molecular weight is 335 g/mol. The second kappa shape index (κ2) is 5.98. The molecule has 5 nitrogen and oxygen atoms in total. The molecule has 1 aromatic heterocycles. The number of aliphatic hydroxyl groups excluding tert-OH is 1. The molecule has 1 amide bonds. The molecule has 1 aliphatic carbocycles. The number of carbonyl (C=O) groups excluding carboxylic acids is 1. The molecular weight excluding hydrogens is 316 g/mol. The topological polar surface area (TPSA) is 67.2 Å². The molecule has 1 fully saturated rings. The number of nitrogens with zero attached hydrogens (tertiary/aromatic N) is 2. The summed E-state index contributed by atoms with van der Waals surface area (Å²) >= 11 is 0. The number of hydrogen-bond donors (Lipinski definition) is 2. The standard InChI is InChI=1S/C17H19F2N3O2/c1-10-7-14(16(24)20-17(2,9-23)11-3-4-11)21-22(10)15-6-5-12(18)8-13(15)19/h5-8,11,23H,3-4,9H2,1-2H3,(H,20,24). The van der Waals surface area contributed by atoms with Gasteiger partial charge in [0.2, 0.25) is 0 Å². The van der Waals surface area contributed by atoms with Crippen molar-refractivity contribution >= 4 is 5.91 Å². The zero-order valence-electron chi connectivity index (χ0n) is 13.5. The number of hydrogen-bond acceptors (Lipinski definition) is 3. The molecule has 128 valence electrons. The Hall–Kier alpha value is -2.28. The molecule has 2 aromatic rings. The van der Waals surface area contributed by atoms with Crippen molar-refractivity contribution in [3.8, 4) is 5.69 Å². The van der Waals surface area contributed by atoms with Crippen molar-refractivity contribution in [2.75, 3.05) is 6.61 Å². The molecule has 0 radical (unpaired) electrons. The van der Waals surface area contributed by atoms with Crippen molar-refractivity contribution in [3.63, 3.8) is 0 Å². The summed E-state index contributed by atoms with van der Waals surface area (Å²) in [6, 6.07) is 4.71. The van der Waals surface area contributed by atoms with Crippen LogP contribution in [0.5, 0.6) is 0 Å². The summed E-state index contributed by atoms with van der Waals surface area (Å²) in [6.45, 7) is 3.32. The minimum atomic E-state index is -0.758. The van der Waals surface area contributed by atoms with Gasteiger partial charge in [0.1, 0.15) is 11.5 Å². The Balaban J connectivity index is 1.87. The third kappa shape index (κ3) is 3.03. The Kier molecular flexibility index (Phi) is 4.13. The van der Waals surface area contributed by atoms with Gasteiger partial charge in [-0.1, -0.05) is 0 Å². The van der Waals surface area contributed by atoms with Crippen LogP contribution in [0.15, 0.2) is 24.3 Å². The quantitative estimate of drug-likeness (QED) is 0.881. The van der Waals surface area contributed by atoms with Crippen molar-refractivity contribution in [1.82, 2.24) is 15.1 Å². The van der Waals surface area contributed by atoms with Gasteiger partial charge in [-0.3, -0.25) is 4.79 Å². The van der Waals surface area contributed by atoms with Crippen LogP contribution in [0.2, 0.25) is 0 Å². The van der Waals surface area contributed by atoms with E-state index in [4.69, 9.17) is 0 Å². The Bertz CT molecular complexity index is 786. The largest absolute Gasteiger partial charge is 0.394 e. The molecule has 1 unspecified atom stereocenters. The first-order chi connectivity index (χ1) is 11.3. The minimum Gasteiger partial charge on any atom is -0.394 e. The number of aromatic nitrogens is 2. The third-order valence-electron chi connectivity index (χ3n) is 4.46. The van der Waals surface area contributed by atoms with E-state index in [1.807, 2.05) is 0 Å². The number of halogens is 2. The zero-order chi connectivity index (χ0) is 17.5. The number of carbonyl (C=O) groups is 1. The number of nitrogens with one attached hydrogen (secondary N) is 1. The summed E-state index contributed by atoms with van der Waals surface area (Å²) in [6.07, 6.45) is 1.93. The van der Waals surface area contributed by atoms with E-state index in [-0.39, 0.29) is 23.9 Å². The molecule has 1 atom stereocenters. The van der Waals surface area contributed by atoms with E-state index in [1.165, 1.54) is 16.8 Å². The van der Waals surface area contributed by atoms with E-state index in [9.17, 15) is 18.7 Å². The van der Waals surface area contributed by atoms with E-state index in [0.29, 0.717) is 5.69 Å². The highest BCUT2D eigenvalue weighted by molar-refractivity contribution is 5.93. The first-order valence-corrected chi connectivity index (χ1v) is 7.79. The average Bonchev–Trinajstić information content (AvgIpc) is 3.31. The summed E-state index contributed by atoms with van der Waals surface area (Å²) in [5.41, 5.74) is 0.0509. The first-order valence-electron chi connectivity index (χ1n) is 7.79. The number of rotatable bonds is 5. The van der Waals surface area contributed by atoms with Crippen LogP contribution >= 0.6 is 0 Å². The van der Waals surface area contributed by atoms with Gasteiger partial charge in [-0.25, -0.2) is 13.5 Å². The summed E-state index contributed by atoms with van der Waals surface area (Å²) in [7, 11) is 0. The molecule has 3 rings (SSSR count). The van der Waals surface area contributed by atoms with Crippen LogP contribution in [0.4, 0.5) is 8.78 Å². The van der Waals surface area contributed by atoms with E-state index < -0.39 is 23.1 Å². The van der Waals surface area contributed by atoms with Crippen LogP contribution in [0.1, 0.15) is 35.9 Å². The fraction of sp³-hybridized carbons (Fsp3) is 0.412. The van der Waals surface area contributed by atoms with Crippen LogP contribution < -0.4 is 5.32 Å². The summed E-state index contributed by atoms with van der Waals surface area (Å²) in [5, 5.41) is 16.5. The van der Waals surface area contributed by atoms with Gasteiger partial charge in [-0.05, 0) is 50.8 Å². The van der Waals surface area contributed by atoms with Gasteiger partial charge in [0.15, 0.2) is 11.5 Å². The fourth-order valence-electron chi connectivity index (χ4n) is 2.80. The predicted molar refractivity (Wildman–Crippen MR) is 83.9 cm³/mol. The minimum absolute atomic E-state index is 0.0695. The lowest BCUT2D eigenvalue weighted by Crippen LogP contribution is -2.50. The molecule has 7 heteroatoms. The van der Waals surface area contributed by atoms with Gasteiger partial charge >= 0.3 is 0 Å². The fourth-order valence-corrected chi connectivity index (χ4v) is 2.80. The lowest BCUT2D eigenvalue weighted by atomic mass is 9.97. The van der Waals surface area contributed by atoms with Gasteiger partial charge in [0, 0.05) is 11.8 Å². The molecule has 0 saturated heterocycles. The Morgan fingerprint density at radius 3 is 2.71 bits per heavy atom. The van der Waals surface area contributed by atoms with Gasteiger partial charge in [0.25, 0.3) is 5.91 Å². The maximum atomic E-state index is 13.9. The second-order valence-corrected chi connectivity index (χ2v) is 6.48. The number of amides is 1. The predicted octanol–water partition coefficient (Wildman–Crippen LogP) is 2.35. The van der Waals surface area contributed by atoms with Crippen LogP contribution in [0.3, 0.4) is 0 Å². The highest BCUT2D eigenvalue weighted by Crippen LogP contribution is 2.39. The smallest absolute Gasteiger partial charge is 0.272 e. The van der Waals surface area contributed by atoms with Crippen molar-refractivity contribution < 1.29 is 18.7 Å². The number of aliphatic hydroxyl groups is 1. The van der Waals surface area contributed by atoms with E-state index >= 15 is 0 Å². The maximum absolute atomic E-state index is 13.9. The number of benzene rings is 1. The molecule has 0 aliphatic heterocycles. The van der Waals surface area contributed by atoms with Crippen molar-refractivity contribution in [2.24, 2.45) is 5.92 Å². The van der Waals surface area contributed by atoms with Crippen molar-refractivity contribution in [2.45, 2.75) is 32.2 Å². The van der Waals surface area contributed by atoms with E-state index in [1.54, 1.807) is 13.8 Å². The lowest BCUT2D eigenvalue weighted by Gasteiger charge is -2.28. The summed E-state index contributed by atoms with van der Waals surface area (Å²) in [5.74, 6) is -1.61. The lowest BCUT2D eigenvalue weighted by molar-refractivity contribution is 0.0819. The molecule has 1 heterocycles.